The number of rotatable bonds is 0. The average molecular weight is 438 g/mol. The largest absolute Gasteiger partial charge is 0.628 e. The van der Waals surface area contributed by atoms with Gasteiger partial charge in [0.05, 0.1) is 0 Å². The normalized spacial score (nSPS) is 5.60. The predicted molar refractivity (Wildman–Crippen MR) is 44.5 cm³/mol. The molecule has 0 saturated carbocycles. The second-order valence-corrected chi connectivity index (χ2v) is 1.18. The van der Waals surface area contributed by atoms with Gasteiger partial charge in [-0.05, 0) is 17.1 Å². The Labute approximate surface area is 164 Å². The fourth-order valence-corrected chi connectivity index (χ4v) is 0.320. The van der Waals surface area contributed by atoms with Gasteiger partial charge in [-0.25, -0.2) is 0 Å². The van der Waals surface area contributed by atoms with Crippen LogP contribution in [0.1, 0.15) is 0 Å². The third-order valence-corrected chi connectivity index (χ3v) is 0.574. The van der Waals surface area contributed by atoms with Crippen LogP contribution >= 0.6 is 0 Å². The van der Waals surface area contributed by atoms with Gasteiger partial charge >= 0.3 is 0 Å². The fourth-order valence-electron chi connectivity index (χ4n) is 0.320. The molecule has 0 aliphatic heterocycles. The predicted octanol–water partition coefficient (Wildman–Crippen LogP) is -2.02. The molecule has 6 nitrogen and oxygen atoms in total. The molecule has 0 spiro atoms. The van der Waals surface area contributed by atoms with Crippen LogP contribution in [-0.4, -0.2) is 0 Å². The smallest absolute Gasteiger partial charge is 0 e. The van der Waals surface area contributed by atoms with E-state index in [0.29, 0.717) is 0 Å². The van der Waals surface area contributed by atoms with Crippen LogP contribution in [0.25, 0.3) is 0 Å². The molecule has 0 unspecified atom stereocenters. The van der Waals surface area contributed by atoms with Gasteiger partial charge in [0.2, 0.25) is 0 Å². The van der Waals surface area contributed by atoms with Gasteiger partial charge in [-0.1, -0.05) is 0 Å². The summed E-state index contributed by atoms with van der Waals surface area (Å²) in [5, 5.41) is 0. The fraction of sp³-hybridized carbons (Fsp3) is 0. The molecule has 0 saturated heterocycles. The van der Waals surface area contributed by atoms with E-state index in [4.69, 9.17) is 0 Å². The van der Waals surface area contributed by atoms with Gasteiger partial charge in [-0.2, -0.15) is 0 Å². The van der Waals surface area contributed by atoms with Crippen molar-refractivity contribution in [3.63, 3.8) is 0 Å². The molecular weight excluding hydrogens is 429 g/mol. The summed E-state index contributed by atoms with van der Waals surface area (Å²) in [7, 11) is 0. The van der Waals surface area contributed by atoms with Crippen molar-refractivity contribution in [2.24, 2.45) is 0 Å². The molecule has 15 heavy (non-hydrogen) atoms. The zero-order valence-corrected chi connectivity index (χ0v) is 17.3. The molecular formula is C6H9N3O3Y3-6. The zero-order chi connectivity index (χ0) is 6.85. The van der Waals surface area contributed by atoms with Crippen LogP contribution < -0.4 is 32.0 Å². The van der Waals surface area contributed by atoms with E-state index in [1.165, 1.54) is 0 Å². The molecule has 9 heteroatoms. The van der Waals surface area contributed by atoms with Crippen molar-refractivity contribution in [1.29, 1.82) is 0 Å². The maximum absolute atomic E-state index is 10.0. The maximum Gasteiger partial charge on any atom is 0 e. The van der Waals surface area contributed by atoms with Crippen molar-refractivity contribution >= 4 is 0 Å². The second-order valence-electron chi connectivity index (χ2n) is 1.18. The first-order valence-electron chi connectivity index (χ1n) is 1.95. The van der Waals surface area contributed by atoms with Gasteiger partial charge in [0.25, 0.3) is 0 Å². The molecule has 0 atom stereocenters. The van der Waals surface area contributed by atoms with Gasteiger partial charge in [-0.15, -0.1) is 0 Å². The number of hydrogen-bond acceptors (Lipinski definition) is 3. The van der Waals surface area contributed by atoms with Gasteiger partial charge in [0.1, 0.15) is 0 Å². The minimum atomic E-state index is -1.08. The van der Waals surface area contributed by atoms with E-state index in [2.05, 4.69) is 15.0 Å². The van der Waals surface area contributed by atoms with Crippen LogP contribution in [-0.2, 0) is 98.1 Å². The Morgan fingerprint density at radius 3 is 0.800 bits per heavy atom. The Hall–Kier alpha value is 1.72. The minimum absolute atomic E-state index is 0. The number of hydrogen-bond donors (Lipinski definition) is 0. The molecule has 0 amide bonds. The first-order chi connectivity index (χ1) is 4.18. The van der Waals surface area contributed by atoms with Crippen LogP contribution in [0.2, 0.25) is 0 Å². The molecule has 3 radical (unpaired) electrons. The average Bonchev–Trinajstić information content (AvgIpc) is 1.59. The Kier molecular flexibility index (Phi) is 43.4. The van der Waals surface area contributed by atoms with Gasteiger partial charge in [0.15, 0.2) is 0 Å². The van der Waals surface area contributed by atoms with Crippen LogP contribution in [0.4, 0.5) is 0 Å². The van der Waals surface area contributed by atoms with E-state index in [9.17, 15) is 14.4 Å². The van der Waals surface area contributed by atoms with Crippen LogP contribution in [0.3, 0.4) is 0 Å². The summed E-state index contributed by atoms with van der Waals surface area (Å²) < 4.78 is 0. The molecule has 0 aliphatic carbocycles. The summed E-state index contributed by atoms with van der Waals surface area (Å²) in [5.74, 6) is 0. The first kappa shape index (κ1) is 36.0. The van der Waals surface area contributed by atoms with E-state index < -0.39 is 17.1 Å². The van der Waals surface area contributed by atoms with Crippen LogP contribution in [0, 0.1) is 22.3 Å². The number of nitrogens with zero attached hydrogens (tertiary/aromatic N) is 3. The van der Waals surface area contributed by atoms with Gasteiger partial charge in [-0.3, -0.25) is 0 Å². The van der Waals surface area contributed by atoms with Crippen molar-refractivity contribution in [3.8, 4) is 0 Å². The summed E-state index contributed by atoms with van der Waals surface area (Å²) >= 11 is 0. The maximum atomic E-state index is 10.0. The first-order valence-corrected chi connectivity index (χ1v) is 1.95. The monoisotopic (exact) mass is 438 g/mol. The van der Waals surface area contributed by atoms with Gasteiger partial charge < -0.3 is 51.6 Å². The van der Waals surface area contributed by atoms with Crippen molar-refractivity contribution in [3.05, 3.63) is 53.7 Å². The van der Waals surface area contributed by atoms with Crippen molar-refractivity contribution < 1.29 is 98.1 Å². The SMILES string of the molecule is O=c1[n-]c(=O)[n-]c(=O)[n-]1.[CH3-].[CH3-].[CH3-].[Y].[Y].[Y]. The molecule has 0 bridgehead atoms. The van der Waals surface area contributed by atoms with Crippen LogP contribution in [0.15, 0.2) is 14.4 Å². The molecule has 1 aromatic rings. The molecule has 0 aliphatic rings. The Morgan fingerprint density at radius 2 is 0.667 bits per heavy atom. The van der Waals surface area contributed by atoms with E-state index in [-0.39, 0.29) is 120 Å². The van der Waals surface area contributed by atoms with E-state index in [1.807, 2.05) is 0 Å². The molecule has 0 aromatic carbocycles. The van der Waals surface area contributed by atoms with Crippen LogP contribution in [0.5, 0.6) is 0 Å². The molecule has 81 valence electrons. The van der Waals surface area contributed by atoms with E-state index in [0.717, 1.165) is 0 Å². The topological polar surface area (TPSA) is 93.5 Å². The van der Waals surface area contributed by atoms with Crippen molar-refractivity contribution in [1.82, 2.24) is 15.0 Å². The van der Waals surface area contributed by atoms with E-state index in [1.54, 1.807) is 0 Å². The Bertz CT molecular complexity index is 291. The number of aromatic nitrogens is 3. The Morgan fingerprint density at radius 1 is 0.533 bits per heavy atom. The molecule has 1 heterocycles. The van der Waals surface area contributed by atoms with Gasteiger partial charge in [0, 0.05) is 98.1 Å². The summed E-state index contributed by atoms with van der Waals surface area (Å²) in [4.78, 5) is 38.2. The molecule has 0 N–H and O–H groups in total. The van der Waals surface area contributed by atoms with Crippen molar-refractivity contribution in [2.45, 2.75) is 0 Å². The summed E-state index contributed by atoms with van der Waals surface area (Å²) in [6.45, 7) is 0. The molecule has 0 fully saturated rings. The third kappa shape index (κ3) is 15.7. The molecule has 1 rings (SSSR count). The minimum Gasteiger partial charge on any atom is -0.628 e. The Balaban J connectivity index is -0.0000000337. The standard InChI is InChI=1S/C3H3N3O3.3CH3.3Y/c7-1-4-2(8)6-3(9)5-1;;;;;;/h(H3,4,5,6,7,8,9);3*1H3;;;/q;3*-1;;;/p-3. The second kappa shape index (κ2) is 18.1. The molecule has 1 aromatic heterocycles. The quantitative estimate of drug-likeness (QED) is 0.435. The third-order valence-electron chi connectivity index (χ3n) is 0.574. The summed E-state index contributed by atoms with van der Waals surface area (Å²) in [6.07, 6.45) is 0. The van der Waals surface area contributed by atoms with E-state index >= 15 is 0 Å². The summed E-state index contributed by atoms with van der Waals surface area (Å²) in [5.41, 5.74) is -3.25. The van der Waals surface area contributed by atoms with Crippen molar-refractivity contribution in [2.75, 3.05) is 0 Å². The summed E-state index contributed by atoms with van der Waals surface area (Å²) in [6, 6.07) is 0. The zero-order valence-electron chi connectivity index (χ0n) is 8.80.